The van der Waals surface area contributed by atoms with Crippen molar-refractivity contribution in [2.45, 2.75) is 90.3 Å². The van der Waals surface area contributed by atoms with Gasteiger partial charge in [-0.25, -0.2) is 0 Å². The maximum Gasteiger partial charge on any atom is 0.0622 e. The largest absolute Gasteiger partial charge is 0.393 e. The molecule has 0 amide bonds. The number of hydrogen-bond donors (Lipinski definition) is 2. The second kappa shape index (κ2) is 6.46. The first-order valence-corrected chi connectivity index (χ1v) is 10.9. The molecule has 4 fully saturated rings. The highest BCUT2D eigenvalue weighted by atomic mass is 16.5. The predicted octanol–water partition coefficient (Wildman–Crippen LogP) is 4.40. The smallest absolute Gasteiger partial charge is 0.0622 e. The fourth-order valence-electron chi connectivity index (χ4n) is 8.30. The Bertz CT molecular complexity index is 607. The Kier molecular flexibility index (Phi) is 4.17. The summed E-state index contributed by atoms with van der Waals surface area (Å²) < 4.78 is 23.4. The summed E-state index contributed by atoms with van der Waals surface area (Å²) in [4.78, 5) is 0. The molecule has 0 aromatic rings. The van der Waals surface area contributed by atoms with E-state index >= 15 is 0 Å². The number of aliphatic hydroxyl groups is 2. The lowest BCUT2D eigenvalue weighted by atomic mass is 9.43. The molecule has 2 unspecified atom stereocenters. The molecule has 2 N–H and O–H groups in total. The third-order valence-electron chi connectivity index (χ3n) is 9.39. The average molecular weight is 367 g/mol. The zero-order chi connectivity index (χ0) is 20.5. The van der Waals surface area contributed by atoms with E-state index in [0.29, 0.717) is 36.5 Å². The lowest BCUT2D eigenvalue weighted by Crippen LogP contribution is -2.58. The number of ether oxygens (including phenoxy) is 1. The topological polar surface area (TPSA) is 49.7 Å². The molecule has 4 aliphatic carbocycles. The summed E-state index contributed by atoms with van der Waals surface area (Å²) in [5, 5.41) is 21.2. The van der Waals surface area contributed by atoms with Crippen LogP contribution in [0.1, 0.15) is 81.3 Å². The molecule has 0 spiro atoms. The Labute approximate surface area is 162 Å². The van der Waals surface area contributed by atoms with Gasteiger partial charge < -0.3 is 14.9 Å². The molecule has 0 bridgehead atoms. The minimum Gasteiger partial charge on any atom is -0.393 e. The van der Waals surface area contributed by atoms with Gasteiger partial charge in [0.25, 0.3) is 0 Å². The van der Waals surface area contributed by atoms with Crippen LogP contribution in [0, 0.1) is 40.4 Å². The summed E-state index contributed by atoms with van der Waals surface area (Å²) in [6.45, 7) is 4.62. The van der Waals surface area contributed by atoms with E-state index in [9.17, 15) is 10.2 Å². The van der Waals surface area contributed by atoms with Crippen molar-refractivity contribution in [3.05, 3.63) is 0 Å². The van der Waals surface area contributed by atoms with Crippen LogP contribution in [-0.4, -0.2) is 35.6 Å². The van der Waals surface area contributed by atoms with Crippen molar-refractivity contribution in [3.8, 4) is 0 Å². The van der Waals surface area contributed by atoms with Gasteiger partial charge in [0.05, 0.1) is 21.0 Å². The van der Waals surface area contributed by atoms with Crippen molar-refractivity contribution >= 4 is 0 Å². The maximum atomic E-state index is 10.8. The molecule has 150 valence electrons. The van der Waals surface area contributed by atoms with E-state index in [-0.39, 0.29) is 17.4 Å². The fraction of sp³-hybridized carbons (Fsp3) is 1.00. The first-order chi connectivity index (χ1) is 13.0. The minimum absolute atomic E-state index is 0.184. The summed E-state index contributed by atoms with van der Waals surface area (Å²) in [5.74, 6) is 1.98. The SMILES string of the molecule is [2H]C([2H])(OC)[C@]12CC[C@@](C)(O)C[C@H]1CC[C@@H]1[C@@H]2CC[C@]2(C)C(C(C)O)CC[C@@H]12. The van der Waals surface area contributed by atoms with E-state index in [1.165, 1.54) is 13.5 Å². The van der Waals surface area contributed by atoms with Gasteiger partial charge in [0.1, 0.15) is 0 Å². The molecule has 0 aliphatic heterocycles. The van der Waals surface area contributed by atoms with Crippen LogP contribution in [-0.2, 0) is 4.74 Å². The van der Waals surface area contributed by atoms with E-state index in [0.717, 1.165) is 38.5 Å². The highest BCUT2D eigenvalue weighted by Gasteiger charge is 2.62. The summed E-state index contributed by atoms with van der Waals surface area (Å²) >= 11 is 0. The van der Waals surface area contributed by atoms with Gasteiger partial charge in [-0.1, -0.05) is 6.92 Å². The van der Waals surface area contributed by atoms with Crippen molar-refractivity contribution in [2.75, 3.05) is 13.7 Å². The molecule has 4 aliphatic rings. The Morgan fingerprint density at radius 1 is 1.08 bits per heavy atom. The number of rotatable bonds is 3. The highest BCUT2D eigenvalue weighted by molar-refractivity contribution is 5.11. The number of aliphatic hydroxyl groups excluding tert-OH is 1. The van der Waals surface area contributed by atoms with Crippen molar-refractivity contribution in [1.29, 1.82) is 0 Å². The van der Waals surface area contributed by atoms with Crippen LogP contribution >= 0.6 is 0 Å². The molecule has 0 heterocycles. The Hall–Kier alpha value is -0.120. The Balaban J connectivity index is 1.72. The zero-order valence-electron chi connectivity index (χ0n) is 19.1. The van der Waals surface area contributed by atoms with Crippen molar-refractivity contribution < 1.29 is 17.7 Å². The average Bonchev–Trinajstić information content (AvgIpc) is 2.97. The fourth-order valence-corrected chi connectivity index (χ4v) is 8.30. The number of methoxy groups -OCH3 is 1. The second-order valence-corrected chi connectivity index (χ2v) is 10.7. The quantitative estimate of drug-likeness (QED) is 0.778. The molecular weight excluding hydrogens is 324 g/mol. The number of fused-ring (bicyclic) bond motifs is 5. The molecule has 4 saturated carbocycles. The van der Waals surface area contributed by atoms with Crippen LogP contribution in [0.3, 0.4) is 0 Å². The van der Waals surface area contributed by atoms with Crippen LogP contribution < -0.4 is 0 Å². The normalized spacial score (nSPS) is 56.6. The van der Waals surface area contributed by atoms with Gasteiger partial charge in [-0.2, -0.15) is 0 Å². The van der Waals surface area contributed by atoms with Gasteiger partial charge in [-0.05, 0) is 112 Å². The first-order valence-electron chi connectivity index (χ1n) is 11.9. The standard InChI is InChI=1S/C23H40O3/c1-15(24)18-7-8-19-17-6-5-16-13-21(2,25)11-12-23(16,14-26-4)20(17)9-10-22(18,19)3/h15-20,24-25H,5-14H2,1-4H3/t15?,16-,17+,18?,19+,20+,21-,22-,23-/m1/s1/i14D2. The summed E-state index contributed by atoms with van der Waals surface area (Å²) in [5.41, 5.74) is -0.987. The van der Waals surface area contributed by atoms with Crippen molar-refractivity contribution in [1.82, 2.24) is 0 Å². The van der Waals surface area contributed by atoms with Crippen LogP contribution in [0.15, 0.2) is 0 Å². The molecule has 3 nitrogen and oxygen atoms in total. The van der Waals surface area contributed by atoms with Crippen LogP contribution in [0.2, 0.25) is 0 Å². The molecule has 9 atom stereocenters. The monoisotopic (exact) mass is 366 g/mol. The van der Waals surface area contributed by atoms with Gasteiger partial charge in [0, 0.05) is 7.11 Å². The lowest BCUT2D eigenvalue weighted by Gasteiger charge is -2.62. The predicted molar refractivity (Wildman–Crippen MR) is 104 cm³/mol. The zero-order valence-corrected chi connectivity index (χ0v) is 17.1. The van der Waals surface area contributed by atoms with E-state index in [2.05, 4.69) is 6.92 Å². The van der Waals surface area contributed by atoms with E-state index in [1.54, 1.807) is 0 Å². The first kappa shape index (κ1) is 16.8. The molecule has 0 aromatic heterocycles. The number of hydrogen-bond acceptors (Lipinski definition) is 3. The van der Waals surface area contributed by atoms with Crippen LogP contribution in [0.5, 0.6) is 0 Å². The second-order valence-electron chi connectivity index (χ2n) is 10.7. The molecule has 3 heteroatoms. The molecule has 4 rings (SSSR count). The van der Waals surface area contributed by atoms with Gasteiger partial charge in [0.2, 0.25) is 0 Å². The summed E-state index contributed by atoms with van der Waals surface area (Å²) in [6, 6.07) is 0. The lowest BCUT2D eigenvalue weighted by molar-refractivity contribution is -0.176. The van der Waals surface area contributed by atoms with Crippen molar-refractivity contribution in [2.24, 2.45) is 40.4 Å². The van der Waals surface area contributed by atoms with E-state index in [1.807, 2.05) is 13.8 Å². The maximum absolute atomic E-state index is 10.8. The van der Waals surface area contributed by atoms with Gasteiger partial charge in [-0.3, -0.25) is 0 Å². The van der Waals surface area contributed by atoms with Gasteiger partial charge in [0.15, 0.2) is 0 Å². The van der Waals surface area contributed by atoms with Gasteiger partial charge >= 0.3 is 0 Å². The highest BCUT2D eigenvalue weighted by Crippen LogP contribution is 2.68. The Morgan fingerprint density at radius 2 is 1.85 bits per heavy atom. The minimum atomic E-state index is -1.66. The molecular formula is C23H40O3. The van der Waals surface area contributed by atoms with Crippen LogP contribution in [0.4, 0.5) is 0 Å². The molecule has 0 saturated heterocycles. The van der Waals surface area contributed by atoms with Crippen molar-refractivity contribution in [3.63, 3.8) is 0 Å². The van der Waals surface area contributed by atoms with Crippen LogP contribution in [0.25, 0.3) is 0 Å². The Morgan fingerprint density at radius 3 is 2.54 bits per heavy atom. The van der Waals surface area contributed by atoms with E-state index in [4.69, 9.17) is 7.48 Å². The summed E-state index contributed by atoms with van der Waals surface area (Å²) in [7, 11) is 1.52. The molecule has 0 aromatic carbocycles. The van der Waals surface area contributed by atoms with Gasteiger partial charge in [-0.15, -0.1) is 0 Å². The third-order valence-corrected chi connectivity index (χ3v) is 9.39. The third kappa shape index (κ3) is 2.71. The van der Waals surface area contributed by atoms with E-state index < -0.39 is 17.6 Å². The molecule has 26 heavy (non-hydrogen) atoms. The molecule has 0 radical (unpaired) electrons. The summed E-state index contributed by atoms with van der Waals surface area (Å²) in [6.07, 6.45) is 8.33.